The van der Waals surface area contributed by atoms with E-state index < -0.39 is 6.04 Å². The molecule has 5 heteroatoms. The topological polar surface area (TPSA) is 58.9 Å². The standard InChI is InChI=1S/C11H11NO3S/c1-15-11(14)8-6-16-10(12-8)7-4-2-3-5-9(7)13/h2-5,8,13H,6H2,1H3/t8-/m0/s1. The fourth-order valence-electron chi connectivity index (χ4n) is 1.43. The summed E-state index contributed by atoms with van der Waals surface area (Å²) in [5.41, 5.74) is 0.666. The highest BCUT2D eigenvalue weighted by atomic mass is 32.2. The molecule has 0 aromatic heterocycles. The third kappa shape index (κ3) is 2.04. The monoisotopic (exact) mass is 237 g/mol. The van der Waals surface area contributed by atoms with Gasteiger partial charge in [-0.1, -0.05) is 12.1 Å². The van der Waals surface area contributed by atoms with Gasteiger partial charge in [0.05, 0.1) is 7.11 Å². The average molecular weight is 237 g/mol. The third-order valence-electron chi connectivity index (χ3n) is 2.26. The van der Waals surface area contributed by atoms with Gasteiger partial charge < -0.3 is 9.84 Å². The fourth-order valence-corrected chi connectivity index (χ4v) is 2.49. The van der Waals surface area contributed by atoms with Gasteiger partial charge in [0.2, 0.25) is 0 Å². The number of para-hydroxylation sites is 1. The first kappa shape index (κ1) is 11.0. The zero-order chi connectivity index (χ0) is 11.5. The molecule has 1 aromatic carbocycles. The van der Waals surface area contributed by atoms with Crippen LogP contribution in [0.3, 0.4) is 0 Å². The van der Waals surface area contributed by atoms with E-state index in [4.69, 9.17) is 0 Å². The van der Waals surface area contributed by atoms with Gasteiger partial charge in [-0.3, -0.25) is 4.99 Å². The molecule has 0 spiro atoms. The van der Waals surface area contributed by atoms with Crippen LogP contribution in [0.15, 0.2) is 29.3 Å². The predicted octanol–water partition coefficient (Wildman–Crippen LogP) is 1.43. The summed E-state index contributed by atoms with van der Waals surface area (Å²) in [7, 11) is 1.35. The molecule has 0 unspecified atom stereocenters. The number of phenols is 1. The molecule has 0 fully saturated rings. The number of ether oxygens (including phenoxy) is 1. The number of benzene rings is 1. The zero-order valence-electron chi connectivity index (χ0n) is 8.71. The largest absolute Gasteiger partial charge is 0.507 e. The number of hydrogen-bond acceptors (Lipinski definition) is 5. The van der Waals surface area contributed by atoms with Crippen LogP contribution >= 0.6 is 11.8 Å². The van der Waals surface area contributed by atoms with E-state index in [2.05, 4.69) is 9.73 Å². The molecular formula is C11H11NO3S. The van der Waals surface area contributed by atoms with Gasteiger partial charge in [0.1, 0.15) is 10.8 Å². The summed E-state index contributed by atoms with van der Waals surface area (Å²) in [4.78, 5) is 15.5. The van der Waals surface area contributed by atoms with Gasteiger partial charge in [-0.05, 0) is 12.1 Å². The molecule has 0 radical (unpaired) electrons. The Morgan fingerprint density at radius 2 is 2.31 bits per heavy atom. The second-order valence-corrected chi connectivity index (χ2v) is 4.31. The van der Waals surface area contributed by atoms with Crippen molar-refractivity contribution < 1.29 is 14.6 Å². The summed E-state index contributed by atoms with van der Waals surface area (Å²) in [6.07, 6.45) is 0. The molecule has 0 bridgehead atoms. The lowest BCUT2D eigenvalue weighted by atomic mass is 10.2. The second kappa shape index (κ2) is 4.57. The van der Waals surface area contributed by atoms with Gasteiger partial charge in [0.25, 0.3) is 0 Å². The highest BCUT2D eigenvalue weighted by molar-refractivity contribution is 8.14. The van der Waals surface area contributed by atoms with Crippen LogP contribution in [0.4, 0.5) is 0 Å². The molecule has 1 aliphatic heterocycles. The Labute approximate surface area is 97.3 Å². The minimum Gasteiger partial charge on any atom is -0.507 e. The molecule has 4 nitrogen and oxygen atoms in total. The van der Waals surface area contributed by atoms with Crippen molar-refractivity contribution in [1.82, 2.24) is 0 Å². The van der Waals surface area contributed by atoms with E-state index in [9.17, 15) is 9.90 Å². The SMILES string of the molecule is COC(=O)[C@@H]1CSC(c2ccccc2O)=N1. The van der Waals surface area contributed by atoms with E-state index in [1.165, 1.54) is 18.9 Å². The molecular weight excluding hydrogens is 226 g/mol. The molecule has 84 valence electrons. The number of aromatic hydroxyl groups is 1. The van der Waals surface area contributed by atoms with Crippen LogP contribution in [0.2, 0.25) is 0 Å². The van der Waals surface area contributed by atoms with Crippen LogP contribution in [-0.4, -0.2) is 35.0 Å². The summed E-state index contributed by atoms with van der Waals surface area (Å²) in [5.74, 6) is 0.410. The number of thioether (sulfide) groups is 1. The maximum absolute atomic E-state index is 11.3. The van der Waals surface area contributed by atoms with E-state index in [1.807, 2.05) is 6.07 Å². The van der Waals surface area contributed by atoms with E-state index >= 15 is 0 Å². The zero-order valence-corrected chi connectivity index (χ0v) is 9.53. The lowest BCUT2D eigenvalue weighted by Crippen LogP contribution is -2.19. The number of nitrogens with zero attached hydrogens (tertiary/aromatic N) is 1. The van der Waals surface area contributed by atoms with E-state index in [0.717, 1.165) is 0 Å². The number of hydrogen-bond donors (Lipinski definition) is 1. The van der Waals surface area contributed by atoms with Gasteiger partial charge in [0, 0.05) is 11.3 Å². The first-order valence-electron chi connectivity index (χ1n) is 4.79. The molecule has 0 amide bonds. The Balaban J connectivity index is 2.25. The van der Waals surface area contributed by atoms with Crippen molar-refractivity contribution >= 4 is 22.8 Å². The van der Waals surface area contributed by atoms with Crippen molar-refractivity contribution in [2.75, 3.05) is 12.9 Å². The first-order chi connectivity index (χ1) is 7.72. The number of aliphatic imine (C=N–C) groups is 1. The molecule has 1 heterocycles. The number of carbonyl (C=O) groups is 1. The van der Waals surface area contributed by atoms with Crippen LogP contribution in [0, 0.1) is 0 Å². The lowest BCUT2D eigenvalue weighted by Gasteiger charge is -2.02. The Kier molecular flexibility index (Phi) is 3.14. The number of methoxy groups -OCH3 is 1. The van der Waals surface area contributed by atoms with Crippen LogP contribution in [-0.2, 0) is 9.53 Å². The maximum Gasteiger partial charge on any atom is 0.331 e. The molecule has 1 N–H and O–H groups in total. The van der Waals surface area contributed by atoms with Crippen LogP contribution < -0.4 is 0 Å². The number of phenolic OH excluding ortho intramolecular Hbond substituents is 1. The minimum absolute atomic E-state index is 0.180. The van der Waals surface area contributed by atoms with Gasteiger partial charge in [-0.2, -0.15) is 0 Å². The minimum atomic E-state index is -0.454. The summed E-state index contributed by atoms with van der Waals surface area (Å²) in [5, 5.41) is 10.3. The smallest absolute Gasteiger partial charge is 0.331 e. The van der Waals surface area contributed by atoms with Gasteiger partial charge in [-0.25, -0.2) is 4.79 Å². The number of carbonyl (C=O) groups excluding carboxylic acids is 1. The molecule has 1 aromatic rings. The molecule has 0 saturated heterocycles. The van der Waals surface area contributed by atoms with E-state index in [-0.39, 0.29) is 11.7 Å². The highest BCUT2D eigenvalue weighted by Crippen LogP contribution is 2.28. The molecule has 0 saturated carbocycles. The average Bonchev–Trinajstić information content (AvgIpc) is 2.78. The quantitative estimate of drug-likeness (QED) is 0.790. The van der Waals surface area contributed by atoms with Crippen molar-refractivity contribution in [2.45, 2.75) is 6.04 Å². The second-order valence-electron chi connectivity index (χ2n) is 3.30. The Morgan fingerprint density at radius 3 is 3.00 bits per heavy atom. The number of esters is 1. The summed E-state index contributed by atoms with van der Waals surface area (Å²) in [6.45, 7) is 0. The van der Waals surface area contributed by atoms with Gasteiger partial charge >= 0.3 is 5.97 Å². The summed E-state index contributed by atoms with van der Waals surface area (Å²) < 4.78 is 4.63. The predicted molar refractivity (Wildman–Crippen MR) is 62.9 cm³/mol. The fraction of sp³-hybridized carbons (Fsp3) is 0.273. The molecule has 2 rings (SSSR count). The highest BCUT2D eigenvalue weighted by Gasteiger charge is 2.27. The molecule has 0 aliphatic carbocycles. The van der Waals surface area contributed by atoms with Crippen LogP contribution in [0.1, 0.15) is 5.56 Å². The Bertz CT molecular complexity index is 445. The maximum atomic E-state index is 11.3. The Morgan fingerprint density at radius 1 is 1.56 bits per heavy atom. The first-order valence-corrected chi connectivity index (χ1v) is 5.77. The molecule has 1 aliphatic rings. The lowest BCUT2D eigenvalue weighted by molar-refractivity contribution is -0.141. The normalized spacial score (nSPS) is 19.3. The molecule has 16 heavy (non-hydrogen) atoms. The van der Waals surface area contributed by atoms with Crippen LogP contribution in [0.5, 0.6) is 5.75 Å². The molecule has 1 atom stereocenters. The van der Waals surface area contributed by atoms with Crippen molar-refractivity contribution in [1.29, 1.82) is 0 Å². The van der Waals surface area contributed by atoms with Crippen LogP contribution in [0.25, 0.3) is 0 Å². The van der Waals surface area contributed by atoms with Gasteiger partial charge in [0.15, 0.2) is 6.04 Å². The third-order valence-corrected chi connectivity index (χ3v) is 3.34. The van der Waals surface area contributed by atoms with Crippen molar-refractivity contribution in [3.05, 3.63) is 29.8 Å². The van der Waals surface area contributed by atoms with E-state index in [1.54, 1.807) is 18.2 Å². The summed E-state index contributed by atoms with van der Waals surface area (Å²) in [6, 6.07) is 6.50. The van der Waals surface area contributed by atoms with E-state index in [0.29, 0.717) is 16.4 Å². The van der Waals surface area contributed by atoms with Crippen molar-refractivity contribution in [3.63, 3.8) is 0 Å². The van der Waals surface area contributed by atoms with Gasteiger partial charge in [-0.15, -0.1) is 11.8 Å². The van der Waals surface area contributed by atoms with Crippen molar-refractivity contribution in [3.8, 4) is 5.75 Å². The summed E-state index contributed by atoms with van der Waals surface area (Å²) >= 11 is 1.45. The van der Waals surface area contributed by atoms with Crippen molar-refractivity contribution in [2.24, 2.45) is 4.99 Å². The Hall–Kier alpha value is -1.49. The number of rotatable bonds is 2.